The van der Waals surface area contributed by atoms with E-state index in [4.69, 9.17) is 0 Å². The van der Waals surface area contributed by atoms with Gasteiger partial charge in [-0.25, -0.2) is 0 Å². The second kappa shape index (κ2) is 8.45. The largest absolute Gasteiger partial charge is 0.356 e. The zero-order valence-electron chi connectivity index (χ0n) is 19.8. The summed E-state index contributed by atoms with van der Waals surface area (Å²) in [6.45, 7) is 9.61. The Morgan fingerprint density at radius 3 is 2.69 bits per heavy atom. The molecule has 0 aromatic heterocycles. The van der Waals surface area contributed by atoms with Crippen molar-refractivity contribution in [1.82, 2.24) is 15.1 Å². The van der Waals surface area contributed by atoms with E-state index in [1.165, 1.54) is 6.42 Å². The number of anilines is 1. The summed E-state index contributed by atoms with van der Waals surface area (Å²) in [6.07, 6.45) is 5.24. The SMILES string of the molecule is CC1CC(C)CN(CCCNC(=O)C2CC3CCCN3C23C(=O)N(C)c2ccccc23)C1. The first kappa shape index (κ1) is 21.9. The summed E-state index contributed by atoms with van der Waals surface area (Å²) < 4.78 is 0. The molecule has 32 heavy (non-hydrogen) atoms. The monoisotopic (exact) mass is 438 g/mol. The zero-order chi connectivity index (χ0) is 22.5. The van der Waals surface area contributed by atoms with Crippen molar-refractivity contribution in [2.24, 2.45) is 17.8 Å². The van der Waals surface area contributed by atoms with E-state index in [9.17, 15) is 9.59 Å². The number of hydrogen-bond acceptors (Lipinski definition) is 4. The standard InChI is InChI=1S/C26H38N4O2/c1-18-14-19(2)17-29(16-18)12-7-11-27-24(31)22-15-20-8-6-13-30(20)26(22)21-9-4-5-10-23(21)28(3)25(26)32/h4-5,9-10,18-20,22H,6-8,11-17H2,1-3H3,(H,27,31). The van der Waals surface area contributed by atoms with Gasteiger partial charge >= 0.3 is 0 Å². The lowest BCUT2D eigenvalue weighted by molar-refractivity contribution is -0.138. The second-order valence-electron chi connectivity index (χ2n) is 10.8. The van der Waals surface area contributed by atoms with Crippen LogP contribution in [0, 0.1) is 17.8 Å². The third-order valence-corrected chi connectivity index (χ3v) is 8.36. The van der Waals surface area contributed by atoms with Crippen molar-refractivity contribution in [1.29, 1.82) is 0 Å². The molecule has 3 saturated heterocycles. The molecule has 0 saturated carbocycles. The van der Waals surface area contributed by atoms with Crippen LogP contribution in [0.1, 0.15) is 51.5 Å². The van der Waals surface area contributed by atoms with E-state index in [0.29, 0.717) is 12.6 Å². The highest BCUT2D eigenvalue weighted by Gasteiger charge is 2.66. The molecule has 4 aliphatic rings. The van der Waals surface area contributed by atoms with Gasteiger partial charge in [0.05, 0.1) is 5.92 Å². The van der Waals surface area contributed by atoms with Crippen molar-refractivity contribution in [3.05, 3.63) is 29.8 Å². The molecule has 0 bridgehead atoms. The smallest absolute Gasteiger partial charge is 0.252 e. The van der Waals surface area contributed by atoms with Gasteiger partial charge in [0.15, 0.2) is 0 Å². The molecule has 1 N–H and O–H groups in total. The minimum absolute atomic E-state index is 0.0539. The first-order chi connectivity index (χ1) is 15.4. The van der Waals surface area contributed by atoms with Crippen LogP contribution in [0.3, 0.4) is 0 Å². The van der Waals surface area contributed by atoms with Gasteiger partial charge in [0.2, 0.25) is 5.91 Å². The van der Waals surface area contributed by atoms with E-state index in [0.717, 1.165) is 74.9 Å². The number of likely N-dealkylation sites (tertiary alicyclic amines) is 1. The summed E-state index contributed by atoms with van der Waals surface area (Å²) in [5, 5.41) is 3.23. The molecule has 5 unspecified atom stereocenters. The first-order valence-electron chi connectivity index (χ1n) is 12.6. The molecule has 0 aliphatic carbocycles. The maximum absolute atomic E-state index is 13.7. The number of piperidine rings is 1. The van der Waals surface area contributed by atoms with Crippen molar-refractivity contribution in [2.75, 3.05) is 44.7 Å². The lowest BCUT2D eigenvalue weighted by atomic mass is 9.78. The molecule has 4 aliphatic heterocycles. The average Bonchev–Trinajstić information content (AvgIpc) is 3.41. The molecule has 5 atom stereocenters. The van der Waals surface area contributed by atoms with Crippen LogP contribution in [0.5, 0.6) is 0 Å². The minimum atomic E-state index is -0.825. The molecular weight excluding hydrogens is 400 g/mol. The summed E-state index contributed by atoms with van der Waals surface area (Å²) in [5.41, 5.74) is 1.15. The van der Waals surface area contributed by atoms with Crippen LogP contribution in [0.4, 0.5) is 5.69 Å². The molecule has 1 aromatic rings. The third kappa shape index (κ3) is 3.38. The number of fused-ring (bicyclic) bond motifs is 4. The topological polar surface area (TPSA) is 55.9 Å². The summed E-state index contributed by atoms with van der Waals surface area (Å²) in [7, 11) is 1.86. The maximum atomic E-state index is 13.7. The molecule has 4 heterocycles. The van der Waals surface area contributed by atoms with Crippen LogP contribution < -0.4 is 10.2 Å². The predicted molar refractivity (Wildman–Crippen MR) is 126 cm³/mol. The summed E-state index contributed by atoms with van der Waals surface area (Å²) in [6, 6.07) is 8.39. The molecule has 2 amide bonds. The summed E-state index contributed by atoms with van der Waals surface area (Å²) in [4.78, 5) is 33.9. The Kier molecular flexibility index (Phi) is 5.79. The van der Waals surface area contributed by atoms with Crippen LogP contribution in [0.25, 0.3) is 0 Å². The van der Waals surface area contributed by atoms with Gasteiger partial charge in [-0.1, -0.05) is 32.0 Å². The van der Waals surface area contributed by atoms with Crippen LogP contribution in [0.2, 0.25) is 0 Å². The number of rotatable bonds is 5. The molecule has 1 spiro atoms. The number of nitrogens with one attached hydrogen (secondary N) is 1. The van der Waals surface area contributed by atoms with Crippen molar-refractivity contribution in [2.45, 2.75) is 57.5 Å². The van der Waals surface area contributed by atoms with Gasteiger partial charge in [-0.15, -0.1) is 0 Å². The molecule has 6 heteroatoms. The van der Waals surface area contributed by atoms with Crippen molar-refractivity contribution >= 4 is 17.5 Å². The first-order valence-corrected chi connectivity index (χ1v) is 12.6. The Hall–Kier alpha value is -1.92. The van der Waals surface area contributed by atoms with E-state index < -0.39 is 5.54 Å². The van der Waals surface area contributed by atoms with Gasteiger partial charge in [0.1, 0.15) is 5.54 Å². The lowest BCUT2D eigenvalue weighted by Crippen LogP contribution is -2.55. The fourth-order valence-corrected chi connectivity index (χ4v) is 7.28. The molecule has 1 aromatic carbocycles. The zero-order valence-corrected chi connectivity index (χ0v) is 19.8. The Balaban J connectivity index is 1.30. The number of likely N-dealkylation sites (N-methyl/N-ethyl adjacent to an activating group) is 1. The summed E-state index contributed by atoms with van der Waals surface area (Å²) in [5.74, 6) is 1.32. The van der Waals surface area contributed by atoms with E-state index >= 15 is 0 Å². The maximum Gasteiger partial charge on any atom is 0.252 e. The third-order valence-electron chi connectivity index (χ3n) is 8.36. The Morgan fingerprint density at radius 1 is 1.16 bits per heavy atom. The molecule has 6 nitrogen and oxygen atoms in total. The number of carbonyl (C=O) groups excluding carboxylic acids is 2. The van der Waals surface area contributed by atoms with Gasteiger partial charge in [-0.3, -0.25) is 14.5 Å². The normalized spacial score (nSPS) is 34.8. The number of para-hydroxylation sites is 1. The quantitative estimate of drug-likeness (QED) is 0.719. The van der Waals surface area contributed by atoms with Gasteiger partial charge in [-0.05, 0) is 63.1 Å². The fraction of sp³-hybridized carbons (Fsp3) is 0.692. The van der Waals surface area contributed by atoms with Gasteiger partial charge in [0, 0.05) is 44.0 Å². The molecule has 174 valence electrons. The van der Waals surface area contributed by atoms with Crippen LogP contribution in [-0.2, 0) is 15.1 Å². The number of hydrogen-bond donors (Lipinski definition) is 1. The fourth-order valence-electron chi connectivity index (χ4n) is 7.28. The molecule has 0 radical (unpaired) electrons. The average molecular weight is 439 g/mol. The second-order valence-corrected chi connectivity index (χ2v) is 10.8. The van der Waals surface area contributed by atoms with E-state index in [2.05, 4.69) is 35.0 Å². The highest BCUT2D eigenvalue weighted by Crippen LogP contribution is 2.56. The molecule has 5 rings (SSSR count). The van der Waals surface area contributed by atoms with E-state index in [1.807, 2.05) is 25.2 Å². The highest BCUT2D eigenvalue weighted by atomic mass is 16.2. The number of benzene rings is 1. The van der Waals surface area contributed by atoms with Crippen molar-refractivity contribution in [3.8, 4) is 0 Å². The number of amides is 2. The van der Waals surface area contributed by atoms with Gasteiger partial charge < -0.3 is 15.1 Å². The van der Waals surface area contributed by atoms with E-state index in [1.54, 1.807) is 4.90 Å². The lowest BCUT2D eigenvalue weighted by Gasteiger charge is -2.37. The van der Waals surface area contributed by atoms with Crippen LogP contribution >= 0.6 is 0 Å². The van der Waals surface area contributed by atoms with Crippen molar-refractivity contribution < 1.29 is 9.59 Å². The van der Waals surface area contributed by atoms with Crippen LogP contribution in [-0.4, -0.2) is 67.4 Å². The van der Waals surface area contributed by atoms with Crippen LogP contribution in [0.15, 0.2) is 24.3 Å². The Labute approximate surface area is 192 Å². The Bertz CT molecular complexity index is 878. The van der Waals surface area contributed by atoms with E-state index in [-0.39, 0.29) is 17.7 Å². The minimum Gasteiger partial charge on any atom is -0.356 e. The predicted octanol–water partition coefficient (Wildman–Crippen LogP) is 2.83. The highest BCUT2D eigenvalue weighted by molar-refractivity contribution is 6.10. The van der Waals surface area contributed by atoms with Gasteiger partial charge in [-0.2, -0.15) is 0 Å². The molecule has 3 fully saturated rings. The van der Waals surface area contributed by atoms with Crippen molar-refractivity contribution in [3.63, 3.8) is 0 Å². The van der Waals surface area contributed by atoms with Gasteiger partial charge in [0.25, 0.3) is 5.91 Å². The summed E-state index contributed by atoms with van der Waals surface area (Å²) >= 11 is 0. The molecular formula is C26H38N4O2. The Morgan fingerprint density at radius 2 is 1.91 bits per heavy atom. The number of nitrogens with zero attached hydrogens (tertiary/aromatic N) is 3. The number of carbonyl (C=O) groups is 2.